The van der Waals surface area contributed by atoms with Crippen molar-refractivity contribution in [3.05, 3.63) is 64.7 Å². The lowest BCUT2D eigenvalue weighted by Gasteiger charge is -2.22. The SMILES string of the molecule is CCN.Cc1ccc(OCCc2csc(-c3ccccc3CCC(CC(C)C)C(C)O)n2)cc1O. The summed E-state index contributed by atoms with van der Waals surface area (Å²) < 4.78 is 5.78. The number of rotatable bonds is 11. The lowest BCUT2D eigenvalue weighted by Crippen LogP contribution is -2.19. The summed E-state index contributed by atoms with van der Waals surface area (Å²) in [6.07, 6.45) is 3.38. The number of hydrogen-bond acceptors (Lipinski definition) is 6. The fraction of sp³-hybridized carbons (Fsp3) is 0.483. The van der Waals surface area contributed by atoms with Crippen molar-refractivity contribution in [3.8, 4) is 22.1 Å². The van der Waals surface area contributed by atoms with Crippen LogP contribution in [0, 0.1) is 18.8 Å². The van der Waals surface area contributed by atoms with E-state index in [-0.39, 0.29) is 11.9 Å². The van der Waals surface area contributed by atoms with Gasteiger partial charge in [0, 0.05) is 23.4 Å². The molecule has 0 saturated carbocycles. The second-order valence-electron chi connectivity index (χ2n) is 9.43. The zero-order valence-corrected chi connectivity index (χ0v) is 22.6. The molecule has 0 amide bonds. The maximum absolute atomic E-state index is 10.2. The molecule has 5 nitrogen and oxygen atoms in total. The number of phenolic OH excluding ortho intramolecular Hbond substituents is 1. The van der Waals surface area contributed by atoms with Crippen molar-refractivity contribution in [3.63, 3.8) is 0 Å². The molecule has 35 heavy (non-hydrogen) atoms. The highest BCUT2D eigenvalue weighted by atomic mass is 32.1. The van der Waals surface area contributed by atoms with Gasteiger partial charge in [-0.1, -0.05) is 51.1 Å². The predicted molar refractivity (Wildman–Crippen MR) is 147 cm³/mol. The summed E-state index contributed by atoms with van der Waals surface area (Å²) >= 11 is 1.66. The van der Waals surface area contributed by atoms with Crippen LogP contribution in [0.5, 0.6) is 11.5 Å². The van der Waals surface area contributed by atoms with Crippen molar-refractivity contribution >= 4 is 11.3 Å². The minimum atomic E-state index is -0.286. The van der Waals surface area contributed by atoms with Gasteiger partial charge in [0.1, 0.15) is 16.5 Å². The van der Waals surface area contributed by atoms with Crippen LogP contribution in [0.1, 0.15) is 57.4 Å². The van der Waals surface area contributed by atoms with Gasteiger partial charge in [0.25, 0.3) is 0 Å². The van der Waals surface area contributed by atoms with Crippen LogP contribution < -0.4 is 10.5 Å². The molecule has 6 heteroatoms. The number of hydrogen-bond donors (Lipinski definition) is 3. The van der Waals surface area contributed by atoms with E-state index in [1.807, 2.05) is 32.9 Å². The third kappa shape index (κ3) is 9.63. The molecule has 192 valence electrons. The smallest absolute Gasteiger partial charge is 0.123 e. The first-order valence-electron chi connectivity index (χ1n) is 12.6. The summed E-state index contributed by atoms with van der Waals surface area (Å²) in [5.41, 5.74) is 9.16. The lowest BCUT2D eigenvalue weighted by molar-refractivity contribution is 0.106. The Hall–Kier alpha value is -2.41. The fourth-order valence-electron chi connectivity index (χ4n) is 3.95. The summed E-state index contributed by atoms with van der Waals surface area (Å²) in [6, 6.07) is 13.8. The van der Waals surface area contributed by atoms with Crippen LogP contribution in [0.2, 0.25) is 0 Å². The number of aromatic hydroxyl groups is 1. The van der Waals surface area contributed by atoms with Crippen molar-refractivity contribution in [2.24, 2.45) is 17.6 Å². The molecule has 0 aliphatic carbocycles. The summed E-state index contributed by atoms with van der Waals surface area (Å²) in [5, 5.41) is 23.1. The molecule has 0 fully saturated rings. The number of nitrogens with zero attached hydrogens (tertiary/aromatic N) is 1. The number of aryl methyl sites for hydroxylation is 2. The molecule has 4 N–H and O–H groups in total. The van der Waals surface area contributed by atoms with Gasteiger partial charge in [0.2, 0.25) is 0 Å². The fourth-order valence-corrected chi connectivity index (χ4v) is 4.86. The maximum atomic E-state index is 10.2. The van der Waals surface area contributed by atoms with E-state index in [9.17, 15) is 10.2 Å². The number of aromatic nitrogens is 1. The van der Waals surface area contributed by atoms with Crippen LogP contribution in [0.4, 0.5) is 0 Å². The molecule has 3 aromatic rings. The van der Waals surface area contributed by atoms with Crippen LogP contribution in [-0.4, -0.2) is 34.5 Å². The Bertz CT molecular complexity index is 1020. The summed E-state index contributed by atoms with van der Waals surface area (Å²) in [4.78, 5) is 4.85. The number of benzene rings is 2. The van der Waals surface area contributed by atoms with E-state index in [0.29, 0.717) is 30.6 Å². The largest absolute Gasteiger partial charge is 0.508 e. The molecule has 1 aromatic heterocycles. The van der Waals surface area contributed by atoms with Gasteiger partial charge >= 0.3 is 0 Å². The predicted octanol–water partition coefficient (Wildman–Crippen LogP) is 6.39. The van der Waals surface area contributed by atoms with E-state index in [1.165, 1.54) is 11.1 Å². The average Bonchev–Trinajstić information content (AvgIpc) is 3.28. The van der Waals surface area contributed by atoms with Crippen molar-refractivity contribution in [1.29, 1.82) is 0 Å². The van der Waals surface area contributed by atoms with Crippen molar-refractivity contribution in [1.82, 2.24) is 4.98 Å². The molecule has 2 aromatic carbocycles. The van der Waals surface area contributed by atoms with Crippen molar-refractivity contribution in [2.75, 3.05) is 13.2 Å². The number of phenols is 1. The lowest BCUT2D eigenvalue weighted by atomic mass is 9.87. The summed E-state index contributed by atoms with van der Waals surface area (Å²) in [5.74, 6) is 1.81. The minimum absolute atomic E-state index is 0.251. The number of thiazole rings is 1. The molecule has 0 saturated heterocycles. The van der Waals surface area contributed by atoms with E-state index < -0.39 is 0 Å². The van der Waals surface area contributed by atoms with Gasteiger partial charge in [0.05, 0.1) is 18.4 Å². The van der Waals surface area contributed by atoms with Crippen molar-refractivity contribution in [2.45, 2.75) is 66.4 Å². The Kier molecular flexibility index (Phi) is 12.2. The van der Waals surface area contributed by atoms with Crippen molar-refractivity contribution < 1.29 is 14.9 Å². The van der Waals surface area contributed by atoms with Gasteiger partial charge in [-0.05, 0) is 68.7 Å². The maximum Gasteiger partial charge on any atom is 0.123 e. The van der Waals surface area contributed by atoms with Crippen LogP contribution >= 0.6 is 11.3 Å². The first-order chi connectivity index (χ1) is 16.7. The molecule has 0 spiro atoms. The Labute approximate surface area is 215 Å². The Balaban J connectivity index is 0.00000137. The molecule has 0 aliphatic heterocycles. The zero-order chi connectivity index (χ0) is 25.8. The average molecular weight is 499 g/mol. The third-order valence-electron chi connectivity index (χ3n) is 5.85. The minimum Gasteiger partial charge on any atom is -0.508 e. The van der Waals surface area contributed by atoms with E-state index >= 15 is 0 Å². The topological polar surface area (TPSA) is 88.6 Å². The highest BCUT2D eigenvalue weighted by molar-refractivity contribution is 7.13. The van der Waals surface area contributed by atoms with Gasteiger partial charge in [-0.2, -0.15) is 0 Å². The second-order valence-corrected chi connectivity index (χ2v) is 10.3. The van der Waals surface area contributed by atoms with Crippen LogP contribution in [0.15, 0.2) is 47.8 Å². The Morgan fingerprint density at radius 3 is 2.46 bits per heavy atom. The Morgan fingerprint density at radius 2 is 1.80 bits per heavy atom. The molecule has 2 atom stereocenters. The van der Waals surface area contributed by atoms with E-state index in [4.69, 9.17) is 15.5 Å². The van der Waals surface area contributed by atoms with Crippen LogP contribution in [-0.2, 0) is 12.8 Å². The van der Waals surface area contributed by atoms with Gasteiger partial charge in [-0.25, -0.2) is 4.98 Å². The van der Waals surface area contributed by atoms with E-state index in [2.05, 4.69) is 43.5 Å². The molecule has 3 rings (SSSR count). The normalized spacial score (nSPS) is 12.7. The van der Waals surface area contributed by atoms with Gasteiger partial charge in [-0.3, -0.25) is 0 Å². The van der Waals surface area contributed by atoms with Crippen LogP contribution in [0.25, 0.3) is 10.6 Å². The molecule has 0 radical (unpaired) electrons. The number of aliphatic hydroxyl groups excluding tert-OH is 1. The number of aliphatic hydroxyl groups is 1. The molecular formula is C29H42N2O3S. The zero-order valence-electron chi connectivity index (χ0n) is 21.8. The first kappa shape index (κ1) is 28.8. The monoisotopic (exact) mass is 498 g/mol. The second kappa shape index (κ2) is 14.9. The standard InChI is InChI=1S/C27H35NO3S.C2H7N/c1-18(2)15-22(20(4)29)11-10-21-7-5-6-8-25(21)27-28-23(17-32-27)13-14-31-24-12-9-19(3)26(30)16-24;1-2-3/h5-9,12,16-18,20,22,29-30H,10-11,13-15H2,1-4H3;2-3H2,1H3. The highest BCUT2D eigenvalue weighted by Gasteiger charge is 2.18. The van der Waals surface area contributed by atoms with Crippen LogP contribution in [0.3, 0.4) is 0 Å². The van der Waals surface area contributed by atoms with E-state index in [0.717, 1.165) is 42.1 Å². The molecule has 0 bridgehead atoms. The van der Waals surface area contributed by atoms with Gasteiger partial charge in [-0.15, -0.1) is 11.3 Å². The number of ether oxygens (including phenoxy) is 1. The first-order valence-corrected chi connectivity index (χ1v) is 13.5. The summed E-state index contributed by atoms with van der Waals surface area (Å²) in [7, 11) is 0. The molecule has 1 heterocycles. The molecule has 0 aliphatic rings. The quantitative estimate of drug-likeness (QED) is 0.285. The van der Waals surface area contributed by atoms with Gasteiger partial charge < -0.3 is 20.7 Å². The summed E-state index contributed by atoms with van der Waals surface area (Å²) in [6.45, 7) is 11.4. The molecular weight excluding hydrogens is 456 g/mol. The third-order valence-corrected chi connectivity index (χ3v) is 6.77. The molecule has 2 unspecified atom stereocenters. The number of nitrogens with two attached hydrogens (primary N) is 1. The highest BCUT2D eigenvalue weighted by Crippen LogP contribution is 2.30. The van der Waals surface area contributed by atoms with Gasteiger partial charge in [0.15, 0.2) is 0 Å². The van der Waals surface area contributed by atoms with E-state index in [1.54, 1.807) is 17.4 Å². The Morgan fingerprint density at radius 1 is 1.09 bits per heavy atom.